The van der Waals surface area contributed by atoms with Crippen LogP contribution in [-0.4, -0.2) is 21.8 Å². The summed E-state index contributed by atoms with van der Waals surface area (Å²) in [7, 11) is 0. The first-order chi connectivity index (χ1) is 16.1. The van der Waals surface area contributed by atoms with Gasteiger partial charge < -0.3 is 10.6 Å². The van der Waals surface area contributed by atoms with Crippen LogP contribution in [0.15, 0.2) is 79.3 Å². The summed E-state index contributed by atoms with van der Waals surface area (Å²) in [6, 6.07) is 18.7. The Hall–Kier alpha value is -3.77. The number of nitrogens with zero attached hydrogens (tertiary/aromatic N) is 2. The molecule has 0 bridgehead atoms. The number of anilines is 1. The van der Waals surface area contributed by atoms with E-state index >= 15 is 0 Å². The molecule has 0 saturated heterocycles. The smallest absolute Gasteiger partial charge is 0.251 e. The van der Waals surface area contributed by atoms with Crippen molar-refractivity contribution >= 4 is 39.9 Å². The maximum Gasteiger partial charge on any atom is 0.251 e. The number of pyridine rings is 2. The summed E-state index contributed by atoms with van der Waals surface area (Å²) < 4.78 is 0. The van der Waals surface area contributed by atoms with Crippen molar-refractivity contribution in [2.45, 2.75) is 18.9 Å². The second-order valence-electron chi connectivity index (χ2n) is 8.12. The van der Waals surface area contributed by atoms with Crippen molar-refractivity contribution < 1.29 is 9.59 Å². The molecule has 2 amide bonds. The molecule has 164 valence electrons. The van der Waals surface area contributed by atoms with Crippen molar-refractivity contribution in [3.8, 4) is 0 Å². The van der Waals surface area contributed by atoms with E-state index in [0.29, 0.717) is 22.8 Å². The Labute approximate surface area is 196 Å². The van der Waals surface area contributed by atoms with Gasteiger partial charge in [-0.2, -0.15) is 0 Å². The topological polar surface area (TPSA) is 84.0 Å². The fraction of sp³-hybridized carbons (Fsp3) is 0.154. The van der Waals surface area contributed by atoms with E-state index in [1.165, 1.54) is 0 Å². The summed E-state index contributed by atoms with van der Waals surface area (Å²) in [6.45, 7) is 0.365. The van der Waals surface area contributed by atoms with E-state index in [1.807, 2.05) is 54.6 Å². The number of aromatic nitrogens is 2. The van der Waals surface area contributed by atoms with Crippen molar-refractivity contribution in [2.24, 2.45) is 5.92 Å². The number of amides is 2. The first-order valence-electron chi connectivity index (χ1n) is 10.7. The first-order valence-corrected chi connectivity index (χ1v) is 11.1. The zero-order chi connectivity index (χ0) is 22.8. The second kappa shape index (κ2) is 9.00. The molecule has 2 N–H and O–H groups in total. The first kappa shape index (κ1) is 21.1. The molecule has 6 nitrogen and oxygen atoms in total. The summed E-state index contributed by atoms with van der Waals surface area (Å²) >= 11 is 6.23. The van der Waals surface area contributed by atoms with E-state index in [2.05, 4.69) is 20.6 Å². The predicted molar refractivity (Wildman–Crippen MR) is 128 cm³/mol. The molecule has 2 heterocycles. The third kappa shape index (κ3) is 4.71. The molecule has 1 aliphatic rings. The Morgan fingerprint density at radius 3 is 2.79 bits per heavy atom. The van der Waals surface area contributed by atoms with Crippen LogP contribution in [0.5, 0.6) is 0 Å². The second-order valence-corrected chi connectivity index (χ2v) is 8.53. The minimum atomic E-state index is -0.160. The molecule has 2 aromatic carbocycles. The van der Waals surface area contributed by atoms with E-state index in [-0.39, 0.29) is 23.7 Å². The Morgan fingerprint density at radius 2 is 1.94 bits per heavy atom. The summed E-state index contributed by atoms with van der Waals surface area (Å²) in [5.41, 5.74) is 3.07. The molecular formula is C26H21ClN4O2. The third-order valence-electron chi connectivity index (χ3n) is 5.84. The molecule has 1 fully saturated rings. The number of halogens is 1. The molecule has 33 heavy (non-hydrogen) atoms. The van der Waals surface area contributed by atoms with Crippen LogP contribution >= 0.6 is 11.6 Å². The number of carbonyl (C=O) groups is 2. The highest BCUT2D eigenvalue weighted by Gasteiger charge is 2.44. The molecule has 2 aromatic heterocycles. The number of carbonyl (C=O) groups excluding carboxylic acids is 2. The van der Waals surface area contributed by atoms with Gasteiger partial charge in [0.25, 0.3) is 5.91 Å². The summed E-state index contributed by atoms with van der Waals surface area (Å²) in [5.74, 6) is -0.219. The fourth-order valence-corrected chi connectivity index (χ4v) is 4.20. The van der Waals surface area contributed by atoms with Gasteiger partial charge in [0.1, 0.15) is 0 Å². The highest BCUT2D eigenvalue weighted by atomic mass is 35.5. The van der Waals surface area contributed by atoms with Crippen LogP contribution in [0.1, 0.15) is 34.0 Å². The average Bonchev–Trinajstić information content (AvgIpc) is 3.65. The van der Waals surface area contributed by atoms with Gasteiger partial charge in [0, 0.05) is 46.5 Å². The minimum absolute atomic E-state index is 0.0328. The molecule has 7 heteroatoms. The highest BCUT2D eigenvalue weighted by molar-refractivity contribution is 6.35. The van der Waals surface area contributed by atoms with Crippen molar-refractivity contribution in [2.75, 3.05) is 5.32 Å². The average molecular weight is 457 g/mol. The molecule has 5 rings (SSSR count). The number of nitrogens with one attached hydrogen (secondary N) is 2. The molecule has 0 aliphatic heterocycles. The zero-order valence-corrected chi connectivity index (χ0v) is 18.4. The number of rotatable bonds is 6. The number of fused-ring (bicyclic) bond motifs is 1. The van der Waals surface area contributed by atoms with Gasteiger partial charge in [0.05, 0.1) is 17.3 Å². The van der Waals surface area contributed by atoms with E-state index in [0.717, 1.165) is 28.5 Å². The Balaban J connectivity index is 1.22. The van der Waals surface area contributed by atoms with Crippen molar-refractivity contribution in [3.63, 3.8) is 0 Å². The lowest BCUT2D eigenvalue weighted by atomic mass is 10.0. The SMILES string of the molecule is O=C(NCc1ccccn1)c1cccc([C@@H]2C[C@H]2C(=O)Nc2ccc3cncc(Cl)c3c2)c1. The summed E-state index contributed by atoms with van der Waals surface area (Å²) in [6.07, 6.45) is 5.78. The van der Waals surface area contributed by atoms with Gasteiger partial charge >= 0.3 is 0 Å². The molecular weight excluding hydrogens is 436 g/mol. The van der Waals surface area contributed by atoms with Gasteiger partial charge in [-0.3, -0.25) is 19.6 Å². The third-order valence-corrected chi connectivity index (χ3v) is 6.14. The van der Waals surface area contributed by atoms with Gasteiger partial charge in [-0.05, 0) is 54.3 Å². The van der Waals surface area contributed by atoms with Crippen molar-refractivity contribution in [3.05, 3.63) is 101 Å². The summed E-state index contributed by atoms with van der Waals surface area (Å²) in [5, 5.41) is 8.20. The van der Waals surface area contributed by atoms with Crippen LogP contribution < -0.4 is 10.6 Å². The number of hydrogen-bond acceptors (Lipinski definition) is 4. The van der Waals surface area contributed by atoms with Gasteiger partial charge in [-0.25, -0.2) is 0 Å². The van der Waals surface area contributed by atoms with Crippen LogP contribution in [0, 0.1) is 5.92 Å². The molecule has 0 unspecified atom stereocenters. The van der Waals surface area contributed by atoms with Gasteiger partial charge in [0.2, 0.25) is 5.91 Å². The minimum Gasteiger partial charge on any atom is -0.346 e. The Morgan fingerprint density at radius 1 is 1.03 bits per heavy atom. The van der Waals surface area contributed by atoms with Crippen LogP contribution in [0.2, 0.25) is 5.02 Å². The maximum absolute atomic E-state index is 12.8. The molecule has 4 aromatic rings. The highest BCUT2D eigenvalue weighted by Crippen LogP contribution is 2.48. The predicted octanol–water partition coefficient (Wildman–Crippen LogP) is 4.96. The van der Waals surface area contributed by atoms with E-state index in [4.69, 9.17) is 11.6 Å². The van der Waals surface area contributed by atoms with E-state index < -0.39 is 0 Å². The zero-order valence-electron chi connectivity index (χ0n) is 17.7. The largest absolute Gasteiger partial charge is 0.346 e. The van der Waals surface area contributed by atoms with Gasteiger partial charge in [-0.1, -0.05) is 35.9 Å². The van der Waals surface area contributed by atoms with E-state index in [1.54, 1.807) is 24.7 Å². The van der Waals surface area contributed by atoms with E-state index in [9.17, 15) is 9.59 Å². The lowest BCUT2D eigenvalue weighted by molar-refractivity contribution is -0.117. The Bertz CT molecular complexity index is 1340. The normalized spacial score (nSPS) is 16.9. The van der Waals surface area contributed by atoms with Crippen LogP contribution in [0.25, 0.3) is 10.8 Å². The maximum atomic E-state index is 12.8. The standard InChI is InChI=1S/C26H21ClN4O2/c27-24-15-28-13-18-7-8-19(11-22(18)24)31-26(33)23-12-21(23)16-4-3-5-17(10-16)25(32)30-14-20-6-1-2-9-29-20/h1-11,13,15,21,23H,12,14H2,(H,30,32)(H,31,33)/t21-,23+/m0/s1. The van der Waals surface area contributed by atoms with Crippen molar-refractivity contribution in [1.82, 2.24) is 15.3 Å². The number of hydrogen-bond donors (Lipinski definition) is 2. The quantitative estimate of drug-likeness (QED) is 0.429. The van der Waals surface area contributed by atoms with Crippen LogP contribution in [-0.2, 0) is 11.3 Å². The fourth-order valence-electron chi connectivity index (χ4n) is 3.98. The summed E-state index contributed by atoms with van der Waals surface area (Å²) in [4.78, 5) is 33.7. The molecule has 1 saturated carbocycles. The monoisotopic (exact) mass is 456 g/mol. The van der Waals surface area contributed by atoms with Crippen LogP contribution in [0.3, 0.4) is 0 Å². The van der Waals surface area contributed by atoms with Gasteiger partial charge in [0.15, 0.2) is 0 Å². The Kier molecular flexibility index (Phi) is 5.75. The number of benzene rings is 2. The van der Waals surface area contributed by atoms with Crippen LogP contribution in [0.4, 0.5) is 5.69 Å². The van der Waals surface area contributed by atoms with Crippen molar-refractivity contribution in [1.29, 1.82) is 0 Å². The molecule has 0 radical (unpaired) electrons. The lowest BCUT2D eigenvalue weighted by Crippen LogP contribution is -2.23. The van der Waals surface area contributed by atoms with Gasteiger partial charge in [-0.15, -0.1) is 0 Å². The molecule has 0 spiro atoms. The molecule has 2 atom stereocenters. The molecule has 1 aliphatic carbocycles. The lowest BCUT2D eigenvalue weighted by Gasteiger charge is -2.08.